The number of benzene rings is 2. The molecule has 0 aliphatic carbocycles. The molecule has 0 N–H and O–H groups in total. The Morgan fingerprint density at radius 3 is 2.10 bits per heavy atom. The topological polar surface area (TPSA) is 26.8 Å². The van der Waals surface area contributed by atoms with Crippen molar-refractivity contribution in [2.45, 2.75) is 52.0 Å². The molecule has 4 nitrogen and oxygen atoms in total. The first-order valence-electron chi connectivity index (χ1n) is 11.6. The lowest BCUT2D eigenvalue weighted by Gasteiger charge is -2.41. The number of hydrogen-bond acceptors (Lipinski definition) is 4. The number of fused-ring (bicyclic) bond motifs is 2. The lowest BCUT2D eigenvalue weighted by molar-refractivity contribution is 0.0878. The van der Waals surface area contributed by atoms with Crippen molar-refractivity contribution in [2.75, 3.05) is 37.0 Å². The number of nitrogens with zero attached hydrogens (tertiary/aromatic N) is 3. The number of likely N-dealkylation sites (N-methyl/N-ethyl adjacent to an activating group) is 1. The van der Waals surface area contributed by atoms with Gasteiger partial charge in [-0.1, -0.05) is 51.0 Å². The maximum atomic E-state index is 13.8. The number of anilines is 4. The summed E-state index contributed by atoms with van der Waals surface area (Å²) in [6.45, 7) is 10.2. The Bertz CT molecular complexity index is 905. The number of para-hydroxylation sites is 3. The highest BCUT2D eigenvalue weighted by molar-refractivity contribution is 6.10. The Balaban J connectivity index is 2.19. The predicted molar refractivity (Wildman–Crippen MR) is 133 cm³/mol. The van der Waals surface area contributed by atoms with E-state index in [1.165, 1.54) is 11.4 Å². The predicted octanol–water partition coefficient (Wildman–Crippen LogP) is 6.57. The number of unbranched alkanes of at least 4 members (excludes halogenated alkanes) is 2. The minimum Gasteiger partial charge on any atom is -0.338 e. The van der Waals surface area contributed by atoms with Crippen LogP contribution in [0.15, 0.2) is 55.1 Å². The quantitative estimate of drug-likeness (QED) is 0.304. The molecular formula is C27H37N3O. The van der Waals surface area contributed by atoms with Crippen LogP contribution >= 0.6 is 0 Å². The normalized spacial score (nSPS) is 13.7. The van der Waals surface area contributed by atoms with E-state index in [4.69, 9.17) is 0 Å². The van der Waals surface area contributed by atoms with Gasteiger partial charge in [-0.15, -0.1) is 6.58 Å². The molecule has 1 atom stereocenters. The van der Waals surface area contributed by atoms with Crippen LogP contribution in [0.5, 0.6) is 0 Å². The minimum atomic E-state index is -0.210. The van der Waals surface area contributed by atoms with E-state index < -0.39 is 0 Å². The van der Waals surface area contributed by atoms with E-state index in [2.05, 4.69) is 60.6 Å². The molecule has 2 aromatic carbocycles. The fourth-order valence-electron chi connectivity index (χ4n) is 4.40. The van der Waals surface area contributed by atoms with Crippen molar-refractivity contribution in [1.82, 2.24) is 4.90 Å². The van der Waals surface area contributed by atoms with Gasteiger partial charge in [-0.3, -0.25) is 9.69 Å². The lowest BCUT2D eigenvalue weighted by Crippen LogP contribution is -2.38. The summed E-state index contributed by atoms with van der Waals surface area (Å²) in [5.41, 5.74) is 5.45. The molecule has 0 spiro atoms. The van der Waals surface area contributed by atoms with Gasteiger partial charge in [0.15, 0.2) is 5.78 Å². The summed E-state index contributed by atoms with van der Waals surface area (Å²) in [5.74, 6) is 0.165. The van der Waals surface area contributed by atoms with Crippen LogP contribution in [-0.4, -0.2) is 43.9 Å². The van der Waals surface area contributed by atoms with Gasteiger partial charge in [0, 0.05) is 18.7 Å². The van der Waals surface area contributed by atoms with Crippen molar-refractivity contribution in [3.05, 3.63) is 60.7 Å². The molecule has 0 saturated carbocycles. The van der Waals surface area contributed by atoms with Crippen molar-refractivity contribution in [1.29, 1.82) is 0 Å². The molecule has 0 amide bonds. The second-order valence-corrected chi connectivity index (χ2v) is 8.54. The second-order valence-electron chi connectivity index (χ2n) is 8.54. The average Bonchev–Trinajstić information content (AvgIpc) is 2.78. The third kappa shape index (κ3) is 4.69. The molecule has 1 aliphatic rings. The third-order valence-electron chi connectivity index (χ3n) is 6.09. The van der Waals surface area contributed by atoms with Gasteiger partial charge in [0.1, 0.15) is 0 Å². The molecule has 1 unspecified atom stereocenters. The van der Waals surface area contributed by atoms with Gasteiger partial charge in [0.25, 0.3) is 0 Å². The number of Topliss-reactive ketones (excluding diaryl/α,β-unsaturated/α-hetero) is 1. The zero-order valence-corrected chi connectivity index (χ0v) is 19.6. The molecule has 1 aliphatic heterocycles. The summed E-state index contributed by atoms with van der Waals surface area (Å²) in [6, 6.07) is 14.6. The standard InChI is InChI=1S/C27H37N3O/c1-6-9-19-29-22-16-11-12-17-23(22)30(20-10-7-2)26-21(15-13-18-24(26)29)27(31)25(14-8-3)28(4)5/h8,11-13,15-18,25H,3,6-7,9-10,14,19-20H2,1-2,4-5H3. The van der Waals surface area contributed by atoms with Gasteiger partial charge in [0.05, 0.1) is 28.8 Å². The molecular weight excluding hydrogens is 382 g/mol. The van der Waals surface area contributed by atoms with E-state index >= 15 is 0 Å². The van der Waals surface area contributed by atoms with Crippen LogP contribution < -0.4 is 9.80 Å². The number of hydrogen-bond donors (Lipinski definition) is 0. The molecule has 31 heavy (non-hydrogen) atoms. The molecule has 0 saturated heterocycles. The molecule has 3 rings (SSSR count). The fraction of sp³-hybridized carbons (Fsp3) is 0.444. The van der Waals surface area contributed by atoms with Gasteiger partial charge in [0.2, 0.25) is 0 Å². The minimum absolute atomic E-state index is 0.165. The summed E-state index contributed by atoms with van der Waals surface area (Å²) in [5, 5.41) is 0. The smallest absolute Gasteiger partial charge is 0.182 e. The summed E-state index contributed by atoms with van der Waals surface area (Å²) in [4.78, 5) is 20.6. The Kier molecular flexibility index (Phi) is 7.91. The Morgan fingerprint density at radius 1 is 0.935 bits per heavy atom. The Labute approximate surface area is 188 Å². The highest BCUT2D eigenvalue weighted by Gasteiger charge is 2.33. The maximum absolute atomic E-state index is 13.8. The van der Waals surface area contributed by atoms with E-state index in [0.29, 0.717) is 6.42 Å². The molecule has 166 valence electrons. The summed E-state index contributed by atoms with van der Waals surface area (Å²) in [7, 11) is 3.94. The zero-order valence-electron chi connectivity index (χ0n) is 19.6. The van der Waals surface area contributed by atoms with Crippen molar-refractivity contribution in [3.63, 3.8) is 0 Å². The van der Waals surface area contributed by atoms with Crippen LogP contribution in [0.2, 0.25) is 0 Å². The van der Waals surface area contributed by atoms with Gasteiger partial charge in [-0.25, -0.2) is 0 Å². The molecule has 2 aromatic rings. The SMILES string of the molecule is C=CCC(C(=O)c1cccc2c1N(CCCC)c1ccccc1N2CCCC)N(C)C. The molecule has 0 aromatic heterocycles. The molecule has 0 bridgehead atoms. The lowest BCUT2D eigenvalue weighted by atomic mass is 9.95. The summed E-state index contributed by atoms with van der Waals surface area (Å²) >= 11 is 0. The number of carbonyl (C=O) groups is 1. The van der Waals surface area contributed by atoms with Crippen LogP contribution in [0.3, 0.4) is 0 Å². The number of carbonyl (C=O) groups excluding carboxylic acids is 1. The van der Waals surface area contributed by atoms with Crippen LogP contribution in [0.25, 0.3) is 0 Å². The van der Waals surface area contributed by atoms with Gasteiger partial charge in [-0.2, -0.15) is 0 Å². The van der Waals surface area contributed by atoms with Crippen LogP contribution in [0.4, 0.5) is 22.7 Å². The van der Waals surface area contributed by atoms with Crippen molar-refractivity contribution in [3.8, 4) is 0 Å². The van der Waals surface area contributed by atoms with E-state index in [1.54, 1.807) is 0 Å². The first-order valence-corrected chi connectivity index (χ1v) is 11.6. The Morgan fingerprint density at radius 2 is 1.52 bits per heavy atom. The average molecular weight is 420 g/mol. The maximum Gasteiger partial charge on any atom is 0.182 e. The van der Waals surface area contributed by atoms with Crippen LogP contribution in [0, 0.1) is 0 Å². The summed E-state index contributed by atoms with van der Waals surface area (Å²) in [6.07, 6.45) is 6.91. The first kappa shape index (κ1) is 23.1. The van der Waals surface area contributed by atoms with Crippen molar-refractivity contribution in [2.24, 2.45) is 0 Å². The molecule has 0 fully saturated rings. The fourth-order valence-corrected chi connectivity index (χ4v) is 4.40. The number of rotatable bonds is 11. The van der Waals surface area contributed by atoms with Crippen molar-refractivity contribution >= 4 is 28.5 Å². The molecule has 4 heteroatoms. The van der Waals surface area contributed by atoms with Crippen LogP contribution in [-0.2, 0) is 0 Å². The summed E-state index contributed by atoms with van der Waals surface area (Å²) < 4.78 is 0. The van der Waals surface area contributed by atoms with Crippen LogP contribution in [0.1, 0.15) is 56.3 Å². The van der Waals surface area contributed by atoms with E-state index in [1.807, 2.05) is 37.2 Å². The Hall–Kier alpha value is -2.59. The molecule has 0 radical (unpaired) electrons. The van der Waals surface area contributed by atoms with E-state index in [0.717, 1.165) is 55.7 Å². The number of ketones is 1. The van der Waals surface area contributed by atoms with Gasteiger partial charge in [-0.05, 0) is 57.6 Å². The largest absolute Gasteiger partial charge is 0.338 e. The van der Waals surface area contributed by atoms with E-state index in [-0.39, 0.29) is 11.8 Å². The van der Waals surface area contributed by atoms with Gasteiger partial charge >= 0.3 is 0 Å². The highest BCUT2D eigenvalue weighted by atomic mass is 16.1. The second kappa shape index (κ2) is 10.6. The van der Waals surface area contributed by atoms with E-state index in [9.17, 15) is 4.79 Å². The monoisotopic (exact) mass is 419 g/mol. The van der Waals surface area contributed by atoms with Crippen molar-refractivity contribution < 1.29 is 4.79 Å². The third-order valence-corrected chi connectivity index (χ3v) is 6.09. The molecule has 1 heterocycles. The first-order chi connectivity index (χ1) is 15.0. The zero-order chi connectivity index (χ0) is 22.4. The van der Waals surface area contributed by atoms with Gasteiger partial charge < -0.3 is 9.80 Å². The highest BCUT2D eigenvalue weighted by Crippen LogP contribution is 2.49.